The van der Waals surface area contributed by atoms with E-state index in [0.29, 0.717) is 0 Å². The van der Waals surface area contributed by atoms with Gasteiger partial charge in [-0.1, -0.05) is 6.07 Å². The van der Waals surface area contributed by atoms with Gasteiger partial charge in [0.1, 0.15) is 5.75 Å². The van der Waals surface area contributed by atoms with E-state index in [1.807, 2.05) is 18.2 Å². The van der Waals surface area contributed by atoms with E-state index in [1.54, 1.807) is 19.5 Å². The van der Waals surface area contributed by atoms with Crippen LogP contribution in [0.5, 0.6) is 5.75 Å². The van der Waals surface area contributed by atoms with Crippen molar-refractivity contribution in [1.29, 1.82) is 0 Å². The van der Waals surface area contributed by atoms with Gasteiger partial charge in [0.15, 0.2) is 0 Å². The number of aromatic nitrogens is 1. The highest BCUT2D eigenvalue weighted by Gasteiger charge is 2.16. The lowest BCUT2D eigenvalue weighted by molar-refractivity contribution is 0.407. The van der Waals surface area contributed by atoms with Gasteiger partial charge in [0.05, 0.1) is 13.2 Å². The van der Waals surface area contributed by atoms with Gasteiger partial charge in [-0.2, -0.15) is 0 Å². The summed E-state index contributed by atoms with van der Waals surface area (Å²) in [5.41, 5.74) is 10.7. The zero-order valence-electron chi connectivity index (χ0n) is 11.0. The van der Waals surface area contributed by atoms with Crippen LogP contribution in [-0.2, 0) is 0 Å². The second-order valence-electron chi connectivity index (χ2n) is 4.46. The largest absolute Gasteiger partial charge is 0.496 e. The third-order valence-electron chi connectivity index (χ3n) is 3.09. The van der Waals surface area contributed by atoms with Gasteiger partial charge in [-0.3, -0.25) is 4.98 Å². The maximum Gasteiger partial charge on any atom is 0.124 e. The van der Waals surface area contributed by atoms with Crippen LogP contribution < -0.4 is 10.5 Å². The van der Waals surface area contributed by atoms with Gasteiger partial charge in [-0.05, 0) is 48.7 Å². The summed E-state index contributed by atoms with van der Waals surface area (Å²) < 4.78 is 5.45. The molecule has 3 heteroatoms. The summed E-state index contributed by atoms with van der Waals surface area (Å²) in [6, 6.07) is 7.82. The summed E-state index contributed by atoms with van der Waals surface area (Å²) in [5, 5.41) is 0. The number of benzene rings is 1. The average molecular weight is 242 g/mol. The van der Waals surface area contributed by atoms with E-state index >= 15 is 0 Å². The molecule has 0 amide bonds. The van der Waals surface area contributed by atoms with Gasteiger partial charge in [-0.25, -0.2) is 0 Å². The lowest BCUT2D eigenvalue weighted by atomic mass is 9.94. The average Bonchev–Trinajstić information content (AvgIpc) is 2.38. The molecule has 1 heterocycles. The number of ether oxygens (including phenoxy) is 1. The van der Waals surface area contributed by atoms with Crippen LogP contribution in [0.4, 0.5) is 0 Å². The molecule has 0 fully saturated rings. The highest BCUT2D eigenvalue weighted by atomic mass is 16.5. The fourth-order valence-electron chi connectivity index (χ4n) is 2.24. The van der Waals surface area contributed by atoms with Crippen LogP contribution in [0, 0.1) is 13.8 Å². The van der Waals surface area contributed by atoms with Gasteiger partial charge in [0, 0.05) is 18.0 Å². The maximum absolute atomic E-state index is 6.34. The summed E-state index contributed by atoms with van der Waals surface area (Å²) in [7, 11) is 1.68. The molecule has 2 aromatic rings. The molecule has 2 rings (SSSR count). The summed E-state index contributed by atoms with van der Waals surface area (Å²) in [6.45, 7) is 4.11. The number of nitrogens with zero attached hydrogens (tertiary/aromatic N) is 1. The van der Waals surface area contributed by atoms with Crippen molar-refractivity contribution in [3.8, 4) is 5.75 Å². The normalized spacial score (nSPS) is 12.2. The third-order valence-corrected chi connectivity index (χ3v) is 3.09. The molecule has 0 spiro atoms. The topological polar surface area (TPSA) is 48.1 Å². The highest BCUT2D eigenvalue weighted by Crippen LogP contribution is 2.32. The molecule has 2 N–H and O–H groups in total. The van der Waals surface area contributed by atoms with Crippen LogP contribution in [0.1, 0.15) is 28.3 Å². The molecule has 18 heavy (non-hydrogen) atoms. The Hall–Kier alpha value is -1.87. The molecule has 94 valence electrons. The Kier molecular flexibility index (Phi) is 3.63. The summed E-state index contributed by atoms with van der Waals surface area (Å²) in [4.78, 5) is 4.01. The van der Waals surface area contributed by atoms with E-state index in [4.69, 9.17) is 10.5 Å². The number of nitrogens with two attached hydrogens (primary N) is 1. The van der Waals surface area contributed by atoms with Crippen molar-refractivity contribution in [3.05, 3.63) is 58.9 Å². The number of hydrogen-bond acceptors (Lipinski definition) is 3. The van der Waals surface area contributed by atoms with Gasteiger partial charge in [0.25, 0.3) is 0 Å². The van der Waals surface area contributed by atoms with Gasteiger partial charge < -0.3 is 10.5 Å². The second-order valence-corrected chi connectivity index (χ2v) is 4.46. The fourth-order valence-corrected chi connectivity index (χ4v) is 2.24. The Balaban J connectivity index is 2.51. The van der Waals surface area contributed by atoms with Crippen molar-refractivity contribution in [2.45, 2.75) is 19.9 Å². The molecule has 0 saturated heterocycles. The van der Waals surface area contributed by atoms with Crippen LogP contribution in [0.2, 0.25) is 0 Å². The van der Waals surface area contributed by atoms with E-state index in [-0.39, 0.29) is 6.04 Å². The van der Waals surface area contributed by atoms with Crippen molar-refractivity contribution in [2.75, 3.05) is 7.11 Å². The van der Waals surface area contributed by atoms with Crippen LogP contribution in [0.15, 0.2) is 36.7 Å². The molecule has 0 aliphatic carbocycles. The zero-order chi connectivity index (χ0) is 13.1. The number of pyridine rings is 1. The predicted octanol–water partition coefficient (Wildman–Crippen LogP) is 2.76. The van der Waals surface area contributed by atoms with Crippen molar-refractivity contribution in [3.63, 3.8) is 0 Å². The quantitative estimate of drug-likeness (QED) is 0.900. The lowest BCUT2D eigenvalue weighted by Gasteiger charge is -2.19. The van der Waals surface area contributed by atoms with E-state index in [2.05, 4.69) is 24.9 Å². The Labute approximate surface area is 108 Å². The smallest absolute Gasteiger partial charge is 0.124 e. The molecule has 0 saturated carbocycles. The molecule has 1 atom stereocenters. The van der Waals surface area contributed by atoms with E-state index in [0.717, 1.165) is 22.4 Å². The molecule has 0 aliphatic rings. The molecule has 3 nitrogen and oxygen atoms in total. The second kappa shape index (κ2) is 5.19. The first-order chi connectivity index (χ1) is 8.63. The van der Waals surface area contributed by atoms with Crippen molar-refractivity contribution in [1.82, 2.24) is 4.98 Å². The van der Waals surface area contributed by atoms with Crippen LogP contribution in [0.3, 0.4) is 0 Å². The Morgan fingerprint density at radius 2 is 1.83 bits per heavy atom. The molecule has 1 unspecified atom stereocenters. The van der Waals surface area contributed by atoms with E-state index in [9.17, 15) is 0 Å². The van der Waals surface area contributed by atoms with Gasteiger partial charge >= 0.3 is 0 Å². The monoisotopic (exact) mass is 242 g/mol. The lowest BCUT2D eigenvalue weighted by Crippen LogP contribution is -2.14. The van der Waals surface area contributed by atoms with Gasteiger partial charge in [0.2, 0.25) is 0 Å². The van der Waals surface area contributed by atoms with Crippen LogP contribution in [-0.4, -0.2) is 12.1 Å². The SMILES string of the molecule is COc1cc(C)cc(C)c1C(N)c1ccncc1. The van der Waals surface area contributed by atoms with Crippen LogP contribution >= 0.6 is 0 Å². The number of rotatable bonds is 3. The van der Waals surface area contributed by atoms with E-state index in [1.165, 1.54) is 5.56 Å². The Morgan fingerprint density at radius 1 is 1.17 bits per heavy atom. The number of aryl methyl sites for hydroxylation is 2. The first-order valence-electron chi connectivity index (χ1n) is 5.94. The molecular weight excluding hydrogens is 224 g/mol. The van der Waals surface area contributed by atoms with E-state index < -0.39 is 0 Å². The number of hydrogen-bond donors (Lipinski definition) is 1. The Morgan fingerprint density at radius 3 is 2.44 bits per heavy atom. The molecule has 0 bridgehead atoms. The van der Waals surface area contributed by atoms with Gasteiger partial charge in [-0.15, -0.1) is 0 Å². The highest BCUT2D eigenvalue weighted by molar-refractivity contribution is 5.48. The minimum Gasteiger partial charge on any atom is -0.496 e. The molecule has 1 aromatic carbocycles. The molecule has 0 radical (unpaired) electrons. The molecule has 0 aliphatic heterocycles. The summed E-state index contributed by atoms with van der Waals surface area (Å²) >= 11 is 0. The fraction of sp³-hybridized carbons (Fsp3) is 0.267. The predicted molar refractivity (Wildman–Crippen MR) is 72.7 cm³/mol. The van der Waals surface area contributed by atoms with Crippen molar-refractivity contribution in [2.24, 2.45) is 5.73 Å². The first kappa shape index (κ1) is 12.6. The minimum absolute atomic E-state index is 0.191. The summed E-state index contributed by atoms with van der Waals surface area (Å²) in [6.07, 6.45) is 3.51. The van der Waals surface area contributed by atoms with Crippen molar-refractivity contribution >= 4 is 0 Å². The number of methoxy groups -OCH3 is 1. The standard InChI is InChI=1S/C15H18N2O/c1-10-8-11(2)14(13(9-10)18-3)15(16)12-4-6-17-7-5-12/h4-9,15H,16H2,1-3H3. The minimum atomic E-state index is -0.191. The van der Waals surface area contributed by atoms with Crippen molar-refractivity contribution < 1.29 is 4.74 Å². The maximum atomic E-state index is 6.34. The molecular formula is C15H18N2O. The first-order valence-corrected chi connectivity index (χ1v) is 5.94. The Bertz CT molecular complexity index is 538. The summed E-state index contributed by atoms with van der Waals surface area (Å²) in [5.74, 6) is 0.844. The zero-order valence-corrected chi connectivity index (χ0v) is 11.0. The molecule has 1 aromatic heterocycles. The van der Waals surface area contributed by atoms with Crippen LogP contribution in [0.25, 0.3) is 0 Å². The third kappa shape index (κ3) is 2.36.